The van der Waals surface area contributed by atoms with Crippen molar-refractivity contribution in [2.24, 2.45) is 0 Å². The highest BCUT2D eigenvalue weighted by Gasteiger charge is 2.25. The van der Waals surface area contributed by atoms with Crippen molar-refractivity contribution < 1.29 is 14.1 Å². The van der Waals surface area contributed by atoms with Gasteiger partial charge in [-0.1, -0.05) is 35.5 Å². The zero-order valence-corrected chi connectivity index (χ0v) is 15.5. The van der Waals surface area contributed by atoms with Gasteiger partial charge in [0.25, 0.3) is 0 Å². The average molecular weight is 366 g/mol. The second-order valence-electron chi connectivity index (χ2n) is 7.08. The number of benzene rings is 1. The minimum atomic E-state index is -0.599. The van der Waals surface area contributed by atoms with Crippen LogP contribution in [0.1, 0.15) is 38.3 Å². The van der Waals surface area contributed by atoms with E-state index in [0.717, 1.165) is 11.1 Å². The summed E-state index contributed by atoms with van der Waals surface area (Å²) < 4.78 is 10.8. The minimum absolute atomic E-state index is 0.316. The third-order valence-electron chi connectivity index (χ3n) is 3.65. The standard InChI is InChI=1S/C20H22N4O3/c1-20(2,3)26-19(25)22-16(13-14-7-5-4-6-8-14)18-23-17(24-27-18)15-9-11-21-12-10-15/h4-12,16H,13H2,1-3H3,(H,22,25)/t16-/m1/s1. The third kappa shape index (κ3) is 5.37. The molecular weight excluding hydrogens is 344 g/mol. The van der Waals surface area contributed by atoms with Crippen LogP contribution in [-0.2, 0) is 11.2 Å². The van der Waals surface area contributed by atoms with E-state index in [1.54, 1.807) is 24.5 Å². The number of alkyl carbamates (subject to hydrolysis) is 1. The van der Waals surface area contributed by atoms with Crippen LogP contribution >= 0.6 is 0 Å². The lowest BCUT2D eigenvalue weighted by atomic mass is 10.1. The highest BCUT2D eigenvalue weighted by Crippen LogP contribution is 2.22. The summed E-state index contributed by atoms with van der Waals surface area (Å²) in [5.41, 5.74) is 1.22. The van der Waals surface area contributed by atoms with Crippen LogP contribution in [0.5, 0.6) is 0 Å². The molecule has 27 heavy (non-hydrogen) atoms. The molecule has 0 fully saturated rings. The van der Waals surface area contributed by atoms with Gasteiger partial charge in [0.1, 0.15) is 11.6 Å². The Balaban J connectivity index is 1.83. The molecule has 0 radical (unpaired) electrons. The zero-order valence-electron chi connectivity index (χ0n) is 15.5. The van der Waals surface area contributed by atoms with Gasteiger partial charge in [-0.3, -0.25) is 4.98 Å². The molecule has 3 rings (SSSR count). The molecule has 0 saturated carbocycles. The lowest BCUT2D eigenvalue weighted by Gasteiger charge is -2.22. The largest absolute Gasteiger partial charge is 0.444 e. The Morgan fingerprint density at radius 3 is 2.52 bits per heavy atom. The van der Waals surface area contributed by atoms with Gasteiger partial charge in [0.2, 0.25) is 11.7 Å². The van der Waals surface area contributed by atoms with Crippen LogP contribution < -0.4 is 5.32 Å². The van der Waals surface area contributed by atoms with Crippen LogP contribution in [0.3, 0.4) is 0 Å². The normalized spacial score (nSPS) is 12.4. The van der Waals surface area contributed by atoms with E-state index in [0.29, 0.717) is 18.1 Å². The van der Waals surface area contributed by atoms with Crippen molar-refractivity contribution in [3.8, 4) is 11.4 Å². The Hall–Kier alpha value is -3.22. The molecule has 0 spiro atoms. The predicted octanol–water partition coefficient (Wildman–Crippen LogP) is 3.94. The van der Waals surface area contributed by atoms with Gasteiger partial charge < -0.3 is 14.6 Å². The van der Waals surface area contributed by atoms with Crippen LogP contribution in [0.2, 0.25) is 0 Å². The van der Waals surface area contributed by atoms with Gasteiger partial charge in [0, 0.05) is 24.4 Å². The molecule has 140 valence electrons. The summed E-state index contributed by atoms with van der Waals surface area (Å²) in [5, 5.41) is 6.86. The molecule has 1 aromatic carbocycles. The highest BCUT2D eigenvalue weighted by atomic mass is 16.6. The van der Waals surface area contributed by atoms with E-state index in [2.05, 4.69) is 20.4 Å². The van der Waals surface area contributed by atoms with E-state index >= 15 is 0 Å². The molecule has 0 aliphatic rings. The van der Waals surface area contributed by atoms with Crippen LogP contribution in [0.25, 0.3) is 11.4 Å². The summed E-state index contributed by atoms with van der Waals surface area (Å²) in [6.45, 7) is 5.44. The fraction of sp³-hybridized carbons (Fsp3) is 0.300. The molecule has 0 aliphatic carbocycles. The molecule has 2 aromatic heterocycles. The van der Waals surface area contributed by atoms with Crippen molar-refractivity contribution in [1.82, 2.24) is 20.4 Å². The Morgan fingerprint density at radius 1 is 1.15 bits per heavy atom. The van der Waals surface area contributed by atoms with Crippen molar-refractivity contribution in [2.45, 2.75) is 38.8 Å². The van der Waals surface area contributed by atoms with E-state index in [1.807, 2.05) is 51.1 Å². The highest BCUT2D eigenvalue weighted by molar-refractivity contribution is 5.68. The summed E-state index contributed by atoms with van der Waals surface area (Å²) >= 11 is 0. The van der Waals surface area contributed by atoms with E-state index in [9.17, 15) is 4.79 Å². The Morgan fingerprint density at radius 2 is 1.85 bits per heavy atom. The van der Waals surface area contributed by atoms with Crippen LogP contribution in [0, 0.1) is 0 Å². The van der Waals surface area contributed by atoms with Gasteiger partial charge in [-0.25, -0.2) is 4.79 Å². The van der Waals surface area contributed by atoms with Gasteiger partial charge in [-0.2, -0.15) is 4.98 Å². The first-order valence-electron chi connectivity index (χ1n) is 8.68. The molecular formula is C20H22N4O3. The Kier molecular flexibility index (Phi) is 5.49. The van der Waals surface area contributed by atoms with Crippen molar-refractivity contribution in [3.63, 3.8) is 0 Å². The number of hydrogen-bond acceptors (Lipinski definition) is 6. The third-order valence-corrected chi connectivity index (χ3v) is 3.65. The number of carbonyl (C=O) groups excluding carboxylic acids is 1. The Bertz CT molecular complexity index is 873. The predicted molar refractivity (Wildman–Crippen MR) is 99.8 cm³/mol. The molecule has 1 N–H and O–H groups in total. The molecule has 1 atom stereocenters. The quantitative estimate of drug-likeness (QED) is 0.735. The fourth-order valence-electron chi connectivity index (χ4n) is 2.49. The van der Waals surface area contributed by atoms with Crippen LogP contribution in [-0.4, -0.2) is 26.8 Å². The van der Waals surface area contributed by atoms with Crippen LogP contribution in [0.4, 0.5) is 4.79 Å². The van der Waals surface area contributed by atoms with Crippen molar-refractivity contribution in [2.75, 3.05) is 0 Å². The number of amides is 1. The van der Waals surface area contributed by atoms with Gasteiger partial charge in [0.05, 0.1) is 0 Å². The molecule has 0 bridgehead atoms. The van der Waals surface area contributed by atoms with Crippen molar-refractivity contribution in [1.29, 1.82) is 0 Å². The molecule has 1 amide bonds. The first kappa shape index (κ1) is 18.6. The first-order valence-corrected chi connectivity index (χ1v) is 8.68. The van der Waals surface area contributed by atoms with Crippen molar-refractivity contribution in [3.05, 3.63) is 66.3 Å². The van der Waals surface area contributed by atoms with E-state index in [4.69, 9.17) is 9.26 Å². The van der Waals surface area contributed by atoms with Gasteiger partial charge >= 0.3 is 6.09 Å². The van der Waals surface area contributed by atoms with Gasteiger partial charge in [-0.05, 0) is 38.5 Å². The minimum Gasteiger partial charge on any atom is -0.444 e. The molecule has 0 saturated heterocycles. The topological polar surface area (TPSA) is 90.1 Å². The maximum Gasteiger partial charge on any atom is 0.408 e. The molecule has 7 heteroatoms. The lowest BCUT2D eigenvalue weighted by molar-refractivity contribution is 0.0493. The number of ether oxygens (including phenoxy) is 1. The van der Waals surface area contributed by atoms with Crippen molar-refractivity contribution >= 4 is 6.09 Å². The molecule has 0 unspecified atom stereocenters. The number of nitrogens with zero attached hydrogens (tertiary/aromatic N) is 3. The molecule has 0 aliphatic heterocycles. The summed E-state index contributed by atoms with van der Waals surface area (Å²) in [4.78, 5) is 20.7. The summed E-state index contributed by atoms with van der Waals surface area (Å²) in [6, 6.07) is 12.9. The molecule has 7 nitrogen and oxygen atoms in total. The summed E-state index contributed by atoms with van der Waals surface area (Å²) in [7, 11) is 0. The van der Waals surface area contributed by atoms with E-state index in [1.165, 1.54) is 0 Å². The fourth-order valence-corrected chi connectivity index (χ4v) is 2.49. The SMILES string of the molecule is CC(C)(C)OC(=O)N[C@H](Cc1ccccc1)c1nc(-c2ccncc2)no1. The summed E-state index contributed by atoms with van der Waals surface area (Å²) in [5.74, 6) is 0.757. The molecule has 3 aromatic rings. The number of nitrogens with one attached hydrogen (secondary N) is 1. The summed E-state index contributed by atoms with van der Waals surface area (Å²) in [6.07, 6.45) is 3.28. The maximum absolute atomic E-state index is 12.3. The lowest BCUT2D eigenvalue weighted by Crippen LogP contribution is -2.36. The second kappa shape index (κ2) is 7.99. The first-order chi connectivity index (χ1) is 12.9. The number of pyridine rings is 1. The average Bonchev–Trinajstić information content (AvgIpc) is 3.11. The van der Waals surface area contributed by atoms with E-state index < -0.39 is 17.7 Å². The second-order valence-corrected chi connectivity index (χ2v) is 7.08. The number of carbonyl (C=O) groups is 1. The van der Waals surface area contributed by atoms with Crippen LogP contribution in [0.15, 0.2) is 59.4 Å². The zero-order chi connectivity index (χ0) is 19.3. The molecule has 2 heterocycles. The number of hydrogen-bond donors (Lipinski definition) is 1. The Labute approximate surface area is 157 Å². The van der Waals surface area contributed by atoms with E-state index in [-0.39, 0.29) is 0 Å². The van der Waals surface area contributed by atoms with Gasteiger partial charge in [0.15, 0.2) is 0 Å². The number of rotatable bonds is 5. The van der Waals surface area contributed by atoms with Gasteiger partial charge in [-0.15, -0.1) is 0 Å². The number of aromatic nitrogens is 3. The maximum atomic E-state index is 12.3. The monoisotopic (exact) mass is 366 g/mol. The smallest absolute Gasteiger partial charge is 0.408 e.